The lowest BCUT2D eigenvalue weighted by atomic mass is 9.93. The predicted molar refractivity (Wildman–Crippen MR) is 123 cm³/mol. The van der Waals surface area contributed by atoms with Gasteiger partial charge in [0.15, 0.2) is 0 Å². The fourth-order valence-electron chi connectivity index (χ4n) is 4.50. The third kappa shape index (κ3) is 4.41. The second-order valence-electron chi connectivity index (χ2n) is 8.55. The third-order valence-electron chi connectivity index (χ3n) is 6.49. The van der Waals surface area contributed by atoms with E-state index in [-0.39, 0.29) is 24.8 Å². The molecule has 162 valence electrons. The Balaban J connectivity index is 1.91. The van der Waals surface area contributed by atoms with Crippen molar-refractivity contribution in [3.63, 3.8) is 0 Å². The van der Waals surface area contributed by atoms with Crippen molar-refractivity contribution in [1.29, 1.82) is 0 Å². The van der Waals surface area contributed by atoms with Gasteiger partial charge in [0.25, 0.3) is 5.91 Å². The summed E-state index contributed by atoms with van der Waals surface area (Å²) in [5.41, 5.74) is 4.80. The van der Waals surface area contributed by atoms with Gasteiger partial charge in [0.05, 0.1) is 17.8 Å². The van der Waals surface area contributed by atoms with E-state index in [9.17, 15) is 14.7 Å². The van der Waals surface area contributed by atoms with Crippen LogP contribution >= 0.6 is 0 Å². The topological polar surface area (TPSA) is 70.0 Å². The highest BCUT2D eigenvalue weighted by atomic mass is 16.4. The highest BCUT2D eigenvalue weighted by molar-refractivity contribution is 6.20. The van der Waals surface area contributed by atoms with Gasteiger partial charge in [-0.25, -0.2) is 0 Å². The maximum atomic E-state index is 13.7. The summed E-state index contributed by atoms with van der Waals surface area (Å²) < 4.78 is 0. The van der Waals surface area contributed by atoms with Gasteiger partial charge < -0.3 is 10.0 Å². The first-order chi connectivity index (χ1) is 15.0. The molecule has 2 aromatic rings. The van der Waals surface area contributed by atoms with Crippen molar-refractivity contribution in [2.24, 2.45) is 10.9 Å². The summed E-state index contributed by atoms with van der Waals surface area (Å²) in [7, 11) is 0. The van der Waals surface area contributed by atoms with E-state index in [2.05, 4.69) is 26.0 Å². The Kier molecular flexibility index (Phi) is 6.21. The molecular weight excluding hydrogens is 388 g/mol. The van der Waals surface area contributed by atoms with E-state index in [0.29, 0.717) is 5.92 Å². The molecule has 4 rings (SSSR count). The molecule has 2 aromatic carbocycles. The van der Waals surface area contributed by atoms with E-state index < -0.39 is 12.0 Å². The zero-order valence-electron chi connectivity index (χ0n) is 18.3. The molecule has 31 heavy (non-hydrogen) atoms. The summed E-state index contributed by atoms with van der Waals surface area (Å²) in [5, 5.41) is 9.30. The molecule has 1 N–H and O–H groups in total. The van der Waals surface area contributed by atoms with E-state index in [1.807, 2.05) is 36.4 Å². The Morgan fingerprint density at radius 2 is 1.84 bits per heavy atom. The fourth-order valence-corrected chi connectivity index (χ4v) is 4.50. The molecule has 5 nitrogen and oxygen atoms in total. The Labute approximate surface area is 183 Å². The van der Waals surface area contributed by atoms with Gasteiger partial charge in [-0.3, -0.25) is 14.6 Å². The average Bonchev–Trinajstić information content (AvgIpc) is 3.63. The maximum Gasteiger partial charge on any atom is 0.305 e. The van der Waals surface area contributed by atoms with Crippen LogP contribution < -0.4 is 4.90 Å². The minimum atomic E-state index is -0.906. The molecule has 0 saturated heterocycles. The van der Waals surface area contributed by atoms with Crippen LogP contribution in [0.15, 0.2) is 53.5 Å². The number of benzene rings is 2. The lowest BCUT2D eigenvalue weighted by Crippen LogP contribution is -2.42. The van der Waals surface area contributed by atoms with Crippen LogP contribution in [-0.4, -0.2) is 35.3 Å². The molecule has 0 radical (unpaired) electrons. The van der Waals surface area contributed by atoms with Crippen LogP contribution in [-0.2, 0) is 9.59 Å². The Morgan fingerprint density at radius 3 is 2.45 bits per heavy atom. The minimum absolute atomic E-state index is 0.0914. The maximum absolute atomic E-state index is 13.7. The average molecular weight is 419 g/mol. The number of anilines is 1. The number of hydrogen-bond acceptors (Lipinski definition) is 3. The minimum Gasteiger partial charge on any atom is -0.481 e. The smallest absolute Gasteiger partial charge is 0.305 e. The first-order valence-electron chi connectivity index (χ1n) is 11.3. The number of carboxylic acids is 1. The van der Waals surface area contributed by atoms with Crippen molar-refractivity contribution in [1.82, 2.24) is 0 Å². The number of carboxylic acid groups (broad SMARTS) is 1. The van der Waals surface area contributed by atoms with Gasteiger partial charge >= 0.3 is 5.97 Å². The van der Waals surface area contributed by atoms with Gasteiger partial charge in [-0.2, -0.15) is 0 Å². The Morgan fingerprint density at radius 1 is 1.13 bits per heavy atom. The molecule has 1 atom stereocenters. The number of amides is 1. The molecule has 0 bridgehead atoms. The molecule has 1 saturated carbocycles. The van der Waals surface area contributed by atoms with E-state index >= 15 is 0 Å². The fraction of sp³-hybridized carbons (Fsp3) is 0.423. The van der Waals surface area contributed by atoms with Crippen molar-refractivity contribution in [3.05, 3.63) is 65.2 Å². The molecule has 0 spiro atoms. The zero-order valence-corrected chi connectivity index (χ0v) is 18.3. The highest BCUT2D eigenvalue weighted by Crippen LogP contribution is 2.42. The quantitative estimate of drug-likeness (QED) is 0.654. The van der Waals surface area contributed by atoms with E-state index in [0.717, 1.165) is 35.4 Å². The molecule has 1 aliphatic carbocycles. The lowest BCUT2D eigenvalue weighted by Gasteiger charge is -2.27. The number of aliphatic carboxylic acids is 1. The molecule has 1 fully saturated rings. The van der Waals surface area contributed by atoms with Crippen molar-refractivity contribution >= 4 is 23.3 Å². The van der Waals surface area contributed by atoms with Gasteiger partial charge in [0, 0.05) is 17.7 Å². The number of nitrogens with zero attached hydrogens (tertiary/aromatic N) is 2. The summed E-state index contributed by atoms with van der Waals surface area (Å²) in [4.78, 5) is 31.8. The van der Waals surface area contributed by atoms with Crippen molar-refractivity contribution in [2.75, 3.05) is 11.4 Å². The van der Waals surface area contributed by atoms with Gasteiger partial charge in [0.1, 0.15) is 6.04 Å². The second kappa shape index (κ2) is 9.04. The third-order valence-corrected chi connectivity index (χ3v) is 6.49. The molecule has 5 heteroatoms. The van der Waals surface area contributed by atoms with Gasteiger partial charge in [-0.1, -0.05) is 63.1 Å². The van der Waals surface area contributed by atoms with Gasteiger partial charge in [-0.15, -0.1) is 0 Å². The summed E-state index contributed by atoms with van der Waals surface area (Å²) in [6, 6.07) is 15.8. The molecule has 2 aliphatic rings. The summed E-state index contributed by atoms with van der Waals surface area (Å²) >= 11 is 0. The van der Waals surface area contributed by atoms with Crippen LogP contribution in [0.3, 0.4) is 0 Å². The molecular formula is C26H30N2O3. The number of carbonyl (C=O) groups excluding carboxylic acids is 1. The van der Waals surface area contributed by atoms with Crippen LogP contribution in [0.2, 0.25) is 0 Å². The monoisotopic (exact) mass is 418 g/mol. The number of benzodiazepines with no additional fused rings is 1. The SMILES string of the molecule is CCC(CC)[C@@H]1N=C(c2ccccc2)c2cc(C3CC3)ccc2N(CCC(=O)O)C1=O. The van der Waals surface area contributed by atoms with E-state index in [1.165, 1.54) is 18.4 Å². The largest absolute Gasteiger partial charge is 0.481 e. The first kappa shape index (κ1) is 21.3. The molecule has 0 aromatic heterocycles. The molecule has 0 unspecified atom stereocenters. The highest BCUT2D eigenvalue weighted by Gasteiger charge is 2.36. The normalized spacial score (nSPS) is 18.5. The van der Waals surface area contributed by atoms with Crippen molar-refractivity contribution in [3.8, 4) is 0 Å². The van der Waals surface area contributed by atoms with Gasteiger partial charge in [-0.05, 0) is 42.4 Å². The van der Waals surface area contributed by atoms with Crippen LogP contribution in [0, 0.1) is 5.92 Å². The summed E-state index contributed by atoms with van der Waals surface area (Å²) in [6.07, 6.45) is 3.97. The summed E-state index contributed by atoms with van der Waals surface area (Å²) in [5.74, 6) is -0.322. The van der Waals surface area contributed by atoms with Crippen LogP contribution in [0.25, 0.3) is 0 Å². The van der Waals surface area contributed by atoms with E-state index in [4.69, 9.17) is 4.99 Å². The van der Waals surface area contributed by atoms with Crippen molar-refractivity contribution in [2.45, 2.75) is 57.9 Å². The summed E-state index contributed by atoms with van der Waals surface area (Å²) in [6.45, 7) is 4.33. The molecule has 1 amide bonds. The lowest BCUT2D eigenvalue weighted by molar-refractivity contribution is -0.136. The number of fused-ring (bicyclic) bond motifs is 1. The molecule has 1 heterocycles. The van der Waals surface area contributed by atoms with Crippen LogP contribution in [0.4, 0.5) is 5.69 Å². The van der Waals surface area contributed by atoms with E-state index in [1.54, 1.807) is 4.90 Å². The number of rotatable bonds is 8. The standard InChI is InChI=1S/C26H30N2O3/c1-3-17(4-2)25-26(31)28(15-14-23(29)30)22-13-12-20(18-10-11-18)16-21(22)24(27-25)19-8-6-5-7-9-19/h5-9,12-13,16-18,25H,3-4,10-11,14-15H2,1-2H3,(H,29,30)/t25-/m0/s1. The predicted octanol–water partition coefficient (Wildman–Crippen LogP) is 5.03. The van der Waals surface area contributed by atoms with Crippen LogP contribution in [0.5, 0.6) is 0 Å². The Bertz CT molecular complexity index is 991. The zero-order chi connectivity index (χ0) is 22.0. The van der Waals surface area contributed by atoms with Crippen LogP contribution in [0.1, 0.15) is 68.6 Å². The number of carbonyl (C=O) groups is 2. The number of aliphatic imine (C=N–C) groups is 1. The van der Waals surface area contributed by atoms with Crippen molar-refractivity contribution < 1.29 is 14.7 Å². The first-order valence-corrected chi connectivity index (χ1v) is 11.3. The molecule has 1 aliphatic heterocycles. The second-order valence-corrected chi connectivity index (χ2v) is 8.55. The number of hydrogen-bond donors (Lipinski definition) is 1. The Hall–Kier alpha value is -2.95. The van der Waals surface area contributed by atoms with Gasteiger partial charge in [0.2, 0.25) is 0 Å².